The summed E-state index contributed by atoms with van der Waals surface area (Å²) in [6, 6.07) is 0. The SMILES string of the molecule is CC[CH2][Pb]([CH2]CC)[CH2]CC.O=C(O)C(F)(F)F. The van der Waals surface area contributed by atoms with Gasteiger partial charge in [-0.25, -0.2) is 4.79 Å². The van der Waals surface area contributed by atoms with Crippen molar-refractivity contribution in [2.75, 3.05) is 0 Å². The van der Waals surface area contributed by atoms with Crippen molar-refractivity contribution in [2.45, 2.75) is 58.2 Å². The minimum absolute atomic E-state index is 0.907. The molecule has 0 aliphatic rings. The molecule has 0 spiro atoms. The van der Waals surface area contributed by atoms with Crippen molar-refractivity contribution in [3.8, 4) is 0 Å². The second kappa shape index (κ2) is 11.3. The molecule has 0 bridgehead atoms. The fourth-order valence-corrected chi connectivity index (χ4v) is 12.6. The molecule has 103 valence electrons. The zero-order chi connectivity index (χ0) is 13.9. The Morgan fingerprint density at radius 3 is 1.35 bits per heavy atom. The zero-order valence-electron chi connectivity index (χ0n) is 10.7. The van der Waals surface area contributed by atoms with E-state index in [0.717, 1.165) is 0 Å². The fraction of sp³-hybridized carbons (Fsp3) is 0.909. The quantitative estimate of drug-likeness (QED) is 0.612. The van der Waals surface area contributed by atoms with Crippen LogP contribution in [0.5, 0.6) is 0 Å². The van der Waals surface area contributed by atoms with E-state index in [4.69, 9.17) is 9.90 Å². The molecule has 0 aromatic rings. The molecule has 0 saturated heterocycles. The summed E-state index contributed by atoms with van der Waals surface area (Å²) in [6.45, 7) is 7.03. The molecule has 2 nitrogen and oxygen atoms in total. The Kier molecular flexibility index (Phi) is 13.0. The number of hydrogen-bond acceptors (Lipinski definition) is 1. The van der Waals surface area contributed by atoms with E-state index < -0.39 is 34.8 Å². The van der Waals surface area contributed by atoms with E-state index in [2.05, 4.69) is 20.8 Å². The summed E-state index contributed by atoms with van der Waals surface area (Å²) in [6.07, 6.45) is -0.702. The number of alkyl halides is 3. The Labute approximate surface area is 110 Å². The Balaban J connectivity index is 0. The van der Waals surface area contributed by atoms with Crippen molar-refractivity contribution in [2.24, 2.45) is 0 Å². The maximum absolute atomic E-state index is 10.6. The van der Waals surface area contributed by atoms with E-state index in [9.17, 15) is 13.2 Å². The minimum atomic E-state index is -5.08. The maximum atomic E-state index is 10.6. The van der Waals surface area contributed by atoms with Crippen LogP contribution in [0.2, 0.25) is 11.9 Å². The van der Waals surface area contributed by atoms with Gasteiger partial charge in [-0.15, -0.1) is 0 Å². The normalized spacial score (nSPS) is 11.0. The van der Waals surface area contributed by atoms with Gasteiger partial charge in [0.2, 0.25) is 0 Å². The molecule has 0 rings (SSSR count). The van der Waals surface area contributed by atoms with Crippen LogP contribution in [0.3, 0.4) is 0 Å². The first kappa shape index (κ1) is 19.5. The van der Waals surface area contributed by atoms with Crippen LogP contribution in [-0.2, 0) is 4.79 Å². The van der Waals surface area contributed by atoms with Crippen molar-refractivity contribution < 1.29 is 23.1 Å². The Morgan fingerprint density at radius 1 is 1.00 bits per heavy atom. The third-order valence-corrected chi connectivity index (χ3v) is 16.1. The van der Waals surface area contributed by atoms with Gasteiger partial charge in [0.15, 0.2) is 0 Å². The topological polar surface area (TPSA) is 37.3 Å². The molecule has 0 saturated carbocycles. The van der Waals surface area contributed by atoms with E-state index in [0.29, 0.717) is 0 Å². The Morgan fingerprint density at radius 2 is 1.24 bits per heavy atom. The van der Waals surface area contributed by atoms with Crippen molar-refractivity contribution in [3.63, 3.8) is 0 Å². The number of carbonyl (C=O) groups is 1. The summed E-state index contributed by atoms with van der Waals surface area (Å²) in [4.78, 5) is 8.90. The number of halogens is 3. The van der Waals surface area contributed by atoms with Crippen molar-refractivity contribution in [1.29, 1.82) is 0 Å². The summed E-state index contributed by atoms with van der Waals surface area (Å²) in [5.74, 6) is -2.76. The average Bonchev–Trinajstić information content (AvgIpc) is 2.18. The predicted octanol–water partition coefficient (Wildman–Crippen LogP) is 4.34. The summed E-state index contributed by atoms with van der Waals surface area (Å²) in [7, 11) is 0. The molecule has 1 N–H and O–H groups in total. The van der Waals surface area contributed by atoms with Gasteiger partial charge in [0.25, 0.3) is 0 Å². The van der Waals surface area contributed by atoms with E-state index in [1.807, 2.05) is 0 Å². The van der Waals surface area contributed by atoms with Gasteiger partial charge in [0.1, 0.15) is 0 Å². The van der Waals surface area contributed by atoms with Crippen molar-refractivity contribution in [3.05, 3.63) is 0 Å². The molecule has 0 aliphatic heterocycles. The predicted molar refractivity (Wildman–Crippen MR) is 64.7 cm³/mol. The summed E-state index contributed by atoms with van der Waals surface area (Å²) < 4.78 is 36.7. The molecule has 0 aromatic heterocycles. The smallest absolute Gasteiger partial charge is 0.475 e. The number of hydrogen-bond donors (Lipinski definition) is 1. The molecule has 0 amide bonds. The molecule has 0 aromatic carbocycles. The minimum Gasteiger partial charge on any atom is -0.475 e. The number of carboxylic acid groups (broad SMARTS) is 1. The second-order valence-corrected chi connectivity index (χ2v) is 15.5. The van der Waals surface area contributed by atoms with E-state index in [-0.39, 0.29) is 0 Å². The van der Waals surface area contributed by atoms with Gasteiger partial charge in [-0.3, -0.25) is 0 Å². The molecule has 17 heavy (non-hydrogen) atoms. The molecular weight excluding hydrogens is 428 g/mol. The first-order valence-electron chi connectivity index (χ1n) is 5.93. The molecule has 0 unspecified atom stereocenters. The molecule has 0 fully saturated rings. The summed E-state index contributed by atoms with van der Waals surface area (Å²) in [5.41, 5.74) is 0. The first-order valence-corrected chi connectivity index (χ1v) is 14.2. The molecule has 0 heterocycles. The number of carboxylic acids is 1. The fourth-order valence-electron chi connectivity index (χ4n) is 1.44. The van der Waals surface area contributed by atoms with Crippen LogP contribution < -0.4 is 0 Å². The van der Waals surface area contributed by atoms with Crippen LogP contribution in [0.4, 0.5) is 13.2 Å². The van der Waals surface area contributed by atoms with Crippen LogP contribution in [0.1, 0.15) is 40.0 Å². The molecule has 6 heteroatoms. The van der Waals surface area contributed by atoms with E-state index in [1.54, 1.807) is 11.9 Å². The van der Waals surface area contributed by atoms with Crippen LogP contribution in [0, 0.1) is 0 Å². The third-order valence-electron chi connectivity index (χ3n) is 2.05. The van der Waals surface area contributed by atoms with Gasteiger partial charge >= 0.3 is 86.8 Å². The monoisotopic (exact) mass is 451 g/mol. The van der Waals surface area contributed by atoms with Crippen LogP contribution in [0.15, 0.2) is 0 Å². The largest absolute Gasteiger partial charge is 0.490 e. The third kappa shape index (κ3) is 14.1. The van der Waals surface area contributed by atoms with Crippen LogP contribution >= 0.6 is 0 Å². The van der Waals surface area contributed by atoms with Crippen LogP contribution in [-0.4, -0.2) is 40.0 Å². The van der Waals surface area contributed by atoms with E-state index >= 15 is 0 Å². The Bertz CT molecular complexity index is 181. The average molecular weight is 450 g/mol. The number of rotatable bonds is 6. The van der Waals surface area contributed by atoms with Gasteiger partial charge in [-0.1, -0.05) is 0 Å². The molecular formula is C11H22F3O2Pb. The van der Waals surface area contributed by atoms with Crippen molar-refractivity contribution >= 4 is 28.7 Å². The first-order chi connectivity index (χ1) is 7.79. The summed E-state index contributed by atoms with van der Waals surface area (Å²) in [5, 5.41) is 7.12. The standard InChI is InChI=1S/3C3H7.C2HF3O2.Pb/c3*1-3-2;3-2(4,5)1(6)7;/h3*1,3H2,2H3;(H,6,7);. The van der Waals surface area contributed by atoms with Gasteiger partial charge in [0, 0.05) is 0 Å². The Hall–Kier alpha value is 0.182. The van der Waals surface area contributed by atoms with Gasteiger partial charge in [-0.2, -0.15) is 13.2 Å². The van der Waals surface area contributed by atoms with Gasteiger partial charge < -0.3 is 5.11 Å². The summed E-state index contributed by atoms with van der Waals surface area (Å²) >= 11 is -0.907. The number of aliphatic carboxylic acids is 1. The molecule has 0 aliphatic carbocycles. The maximum Gasteiger partial charge on any atom is 0.490 e. The second-order valence-electron chi connectivity index (χ2n) is 3.80. The zero-order valence-corrected chi connectivity index (χ0v) is 14.6. The molecule has 0 atom stereocenters. The van der Waals surface area contributed by atoms with Crippen molar-refractivity contribution in [1.82, 2.24) is 0 Å². The van der Waals surface area contributed by atoms with Crippen LogP contribution in [0.25, 0.3) is 0 Å². The van der Waals surface area contributed by atoms with E-state index in [1.165, 1.54) is 19.3 Å². The van der Waals surface area contributed by atoms with Gasteiger partial charge in [0.05, 0.1) is 0 Å². The molecule has 1 radical (unpaired) electrons. The van der Waals surface area contributed by atoms with Gasteiger partial charge in [-0.05, 0) is 0 Å².